The average molecular weight is 465 g/mol. The van der Waals surface area contributed by atoms with Gasteiger partial charge in [-0.1, -0.05) is 128 Å². The molecule has 1 heterocycles. The van der Waals surface area contributed by atoms with E-state index >= 15 is 0 Å². The molecule has 0 spiro atoms. The zero-order valence-corrected chi connectivity index (χ0v) is 22.0. The van der Waals surface area contributed by atoms with Crippen molar-refractivity contribution in [2.75, 3.05) is 6.61 Å². The van der Waals surface area contributed by atoms with Crippen molar-refractivity contribution in [1.29, 1.82) is 0 Å². The van der Waals surface area contributed by atoms with E-state index in [0.29, 0.717) is 18.8 Å². The summed E-state index contributed by atoms with van der Waals surface area (Å²) < 4.78 is 5.20. The Morgan fingerprint density at radius 3 is 0.970 bits per heavy atom. The second kappa shape index (κ2) is 24.3. The van der Waals surface area contributed by atoms with Crippen LogP contribution in [0.4, 0.5) is 0 Å². The lowest BCUT2D eigenvalue weighted by Crippen LogP contribution is -2.05. The van der Waals surface area contributed by atoms with Crippen LogP contribution in [0.3, 0.4) is 0 Å². The lowest BCUT2D eigenvalue weighted by molar-refractivity contribution is -0.143. The molecule has 2 rings (SSSR count). The molecule has 3 nitrogen and oxygen atoms in total. The highest BCUT2D eigenvalue weighted by Crippen LogP contribution is 2.16. The molecule has 0 atom stereocenters. The molecule has 3 heteroatoms. The molecule has 33 heavy (non-hydrogen) atoms. The fourth-order valence-electron chi connectivity index (χ4n) is 4.93. The molecular weight excluding hydrogens is 408 g/mol. The van der Waals surface area contributed by atoms with E-state index in [9.17, 15) is 9.59 Å². The van der Waals surface area contributed by atoms with Crippen LogP contribution in [0.15, 0.2) is 0 Å². The Morgan fingerprint density at radius 1 is 0.333 bits per heavy atom. The molecule has 0 unspecified atom stereocenters. The van der Waals surface area contributed by atoms with Crippen LogP contribution in [0.5, 0.6) is 0 Å². The number of rotatable bonds is 0. The molecule has 0 N–H and O–H groups in total. The molecule has 1 saturated heterocycles. The third-order valence-electron chi connectivity index (χ3n) is 7.20. The SMILES string of the molecule is O=C1CCCCCCCCCCCCCC1.O=C1CCCCCCCCCCCCCCO1. The van der Waals surface area contributed by atoms with Crippen molar-refractivity contribution in [3.05, 3.63) is 0 Å². The maximum Gasteiger partial charge on any atom is 0.305 e. The van der Waals surface area contributed by atoms with E-state index in [1.807, 2.05) is 0 Å². The highest BCUT2D eigenvalue weighted by molar-refractivity contribution is 5.78. The first-order chi connectivity index (χ1) is 16.3. The van der Waals surface area contributed by atoms with Crippen LogP contribution in [0.2, 0.25) is 0 Å². The van der Waals surface area contributed by atoms with Gasteiger partial charge in [-0.3, -0.25) is 9.59 Å². The van der Waals surface area contributed by atoms with Gasteiger partial charge in [0, 0.05) is 19.3 Å². The first kappa shape index (κ1) is 30.2. The van der Waals surface area contributed by atoms with Crippen molar-refractivity contribution in [2.45, 2.75) is 173 Å². The molecule has 2 aliphatic rings. The molecule has 0 aromatic carbocycles. The van der Waals surface area contributed by atoms with Crippen LogP contribution in [0.1, 0.15) is 173 Å². The number of esters is 1. The van der Waals surface area contributed by atoms with Crippen LogP contribution >= 0.6 is 0 Å². The van der Waals surface area contributed by atoms with E-state index in [-0.39, 0.29) is 5.97 Å². The molecule has 0 radical (unpaired) electrons. The Hall–Kier alpha value is -0.860. The molecule has 0 amide bonds. The van der Waals surface area contributed by atoms with Crippen molar-refractivity contribution in [3.63, 3.8) is 0 Å². The molecule has 0 aromatic rings. The van der Waals surface area contributed by atoms with Crippen molar-refractivity contribution < 1.29 is 14.3 Å². The monoisotopic (exact) mass is 464 g/mol. The average Bonchev–Trinajstić information content (AvgIpc) is 2.82. The number of hydrogen-bond acceptors (Lipinski definition) is 3. The lowest BCUT2D eigenvalue weighted by atomic mass is 10.0. The predicted octanol–water partition coefficient (Wildman–Crippen LogP) is 9.64. The van der Waals surface area contributed by atoms with Crippen LogP contribution in [-0.2, 0) is 14.3 Å². The van der Waals surface area contributed by atoms with Crippen LogP contribution in [0, 0.1) is 0 Å². The highest BCUT2D eigenvalue weighted by atomic mass is 16.5. The van der Waals surface area contributed by atoms with Gasteiger partial charge in [-0.05, 0) is 25.7 Å². The first-order valence-electron chi connectivity index (χ1n) is 15.0. The zero-order chi connectivity index (χ0) is 23.7. The summed E-state index contributed by atoms with van der Waals surface area (Å²) in [6.45, 7) is 0.638. The highest BCUT2D eigenvalue weighted by Gasteiger charge is 2.04. The summed E-state index contributed by atoms with van der Waals surface area (Å²) in [5.41, 5.74) is 0. The normalized spacial score (nSPS) is 23.2. The number of ether oxygens (including phenoxy) is 1. The van der Waals surface area contributed by atoms with E-state index < -0.39 is 0 Å². The van der Waals surface area contributed by atoms with Gasteiger partial charge >= 0.3 is 5.97 Å². The van der Waals surface area contributed by atoms with Crippen LogP contribution < -0.4 is 0 Å². The Morgan fingerprint density at radius 2 is 0.606 bits per heavy atom. The third-order valence-corrected chi connectivity index (χ3v) is 7.20. The summed E-state index contributed by atoms with van der Waals surface area (Å²) in [6.07, 6.45) is 33.6. The fraction of sp³-hybridized carbons (Fsp3) is 0.933. The van der Waals surface area contributed by atoms with Gasteiger partial charge < -0.3 is 4.74 Å². The van der Waals surface area contributed by atoms with Crippen molar-refractivity contribution >= 4 is 11.8 Å². The van der Waals surface area contributed by atoms with Gasteiger partial charge in [0.2, 0.25) is 0 Å². The Bertz CT molecular complexity index is 410. The number of ketones is 1. The van der Waals surface area contributed by atoms with E-state index in [1.54, 1.807) is 0 Å². The van der Waals surface area contributed by atoms with Crippen LogP contribution in [-0.4, -0.2) is 18.4 Å². The van der Waals surface area contributed by atoms with Crippen molar-refractivity contribution in [3.8, 4) is 0 Å². The smallest absolute Gasteiger partial charge is 0.305 e. The maximum absolute atomic E-state index is 11.5. The number of cyclic esters (lactones) is 1. The maximum atomic E-state index is 11.5. The summed E-state index contributed by atoms with van der Waals surface area (Å²) in [5, 5.41) is 0. The molecule has 1 aliphatic heterocycles. The fourth-order valence-corrected chi connectivity index (χ4v) is 4.93. The molecule has 1 aliphatic carbocycles. The summed E-state index contributed by atoms with van der Waals surface area (Å²) >= 11 is 0. The topological polar surface area (TPSA) is 43.4 Å². The number of carbonyl (C=O) groups excluding carboxylic acids is 2. The molecule has 0 aromatic heterocycles. The van der Waals surface area contributed by atoms with Gasteiger partial charge in [0.05, 0.1) is 6.61 Å². The number of Topliss-reactive ketones (excluding diaryl/α,β-unsaturated/α-hetero) is 1. The standard InChI is InChI=1S/C15H28O2.C15H28O/c16-15-13-11-9-7-5-3-1-2-4-6-8-10-12-14-17-15;16-15-13-11-9-7-5-3-1-2-4-6-8-10-12-14-15/h1-14H2;1-14H2. The minimum Gasteiger partial charge on any atom is -0.466 e. The van der Waals surface area contributed by atoms with Gasteiger partial charge in [0.1, 0.15) is 5.78 Å². The zero-order valence-electron chi connectivity index (χ0n) is 22.0. The minimum absolute atomic E-state index is 0.0112. The molecule has 0 bridgehead atoms. The summed E-state index contributed by atoms with van der Waals surface area (Å²) in [7, 11) is 0. The predicted molar refractivity (Wildman–Crippen MR) is 141 cm³/mol. The van der Waals surface area contributed by atoms with Gasteiger partial charge in [-0.15, -0.1) is 0 Å². The Balaban J connectivity index is 0.000000331. The van der Waals surface area contributed by atoms with Crippen LogP contribution in [0.25, 0.3) is 0 Å². The Kier molecular flexibility index (Phi) is 22.2. The Labute approximate surface area is 206 Å². The minimum atomic E-state index is 0.0112. The van der Waals surface area contributed by atoms with Gasteiger partial charge in [0.15, 0.2) is 0 Å². The first-order valence-corrected chi connectivity index (χ1v) is 15.0. The van der Waals surface area contributed by atoms with E-state index in [1.165, 1.54) is 128 Å². The second-order valence-electron chi connectivity index (χ2n) is 10.5. The van der Waals surface area contributed by atoms with Crippen molar-refractivity contribution in [2.24, 2.45) is 0 Å². The lowest BCUT2D eigenvalue weighted by Gasteiger charge is -2.06. The van der Waals surface area contributed by atoms with E-state index in [4.69, 9.17) is 4.74 Å². The van der Waals surface area contributed by atoms with E-state index in [2.05, 4.69) is 0 Å². The molecule has 194 valence electrons. The third kappa shape index (κ3) is 22.7. The summed E-state index contributed by atoms with van der Waals surface area (Å²) in [6, 6.07) is 0. The number of hydrogen-bond donors (Lipinski definition) is 0. The van der Waals surface area contributed by atoms with Gasteiger partial charge in [0.25, 0.3) is 0 Å². The molecule has 2 fully saturated rings. The summed E-state index contributed by atoms with van der Waals surface area (Å²) in [5.74, 6) is 0.520. The van der Waals surface area contributed by atoms with E-state index in [0.717, 1.165) is 38.5 Å². The largest absolute Gasteiger partial charge is 0.466 e. The second-order valence-corrected chi connectivity index (χ2v) is 10.5. The molecular formula is C30H56O3. The molecule has 1 saturated carbocycles. The van der Waals surface area contributed by atoms with Gasteiger partial charge in [-0.25, -0.2) is 0 Å². The quantitative estimate of drug-likeness (QED) is 0.335. The van der Waals surface area contributed by atoms with Gasteiger partial charge in [-0.2, -0.15) is 0 Å². The van der Waals surface area contributed by atoms with Crippen molar-refractivity contribution in [1.82, 2.24) is 0 Å². The number of carbonyl (C=O) groups is 2. The summed E-state index contributed by atoms with van der Waals surface area (Å²) in [4.78, 5) is 22.9.